The minimum Gasteiger partial charge on any atom is -0.323 e. The van der Waals surface area contributed by atoms with E-state index in [2.05, 4.69) is 38.5 Å². The van der Waals surface area contributed by atoms with Crippen molar-refractivity contribution in [2.24, 2.45) is 5.92 Å². The molecule has 4 amide bonds. The highest BCUT2D eigenvalue weighted by Crippen LogP contribution is 2.37. The monoisotopic (exact) mass is 490 g/mol. The summed E-state index contributed by atoms with van der Waals surface area (Å²) in [5.74, 6) is -0.124. The van der Waals surface area contributed by atoms with Crippen LogP contribution in [0, 0.1) is 5.92 Å². The molecular formula is C21H23BrN4O3S. The maximum atomic E-state index is 12.9. The number of carbonyl (C=O) groups is 3. The van der Waals surface area contributed by atoms with E-state index in [0.717, 1.165) is 39.9 Å². The molecule has 0 bridgehead atoms. The van der Waals surface area contributed by atoms with E-state index >= 15 is 0 Å². The Morgan fingerprint density at radius 2 is 2.13 bits per heavy atom. The number of halogens is 1. The van der Waals surface area contributed by atoms with Crippen LogP contribution >= 0.6 is 27.3 Å². The average Bonchev–Trinajstić information content (AvgIpc) is 3.28. The van der Waals surface area contributed by atoms with Crippen molar-refractivity contribution in [2.75, 3.05) is 11.9 Å². The highest BCUT2D eigenvalue weighted by Gasteiger charge is 2.52. The number of imide groups is 1. The number of urea groups is 1. The fraction of sp³-hybridized carbons (Fsp3) is 0.429. The van der Waals surface area contributed by atoms with Crippen molar-refractivity contribution in [3.05, 3.63) is 34.1 Å². The van der Waals surface area contributed by atoms with E-state index in [1.165, 1.54) is 11.3 Å². The molecule has 2 heterocycles. The Morgan fingerprint density at radius 3 is 2.83 bits per heavy atom. The second-order valence-electron chi connectivity index (χ2n) is 7.85. The Labute approximate surface area is 187 Å². The lowest BCUT2D eigenvalue weighted by Gasteiger charge is -2.34. The van der Waals surface area contributed by atoms with Gasteiger partial charge in [0.2, 0.25) is 5.91 Å². The zero-order valence-electron chi connectivity index (χ0n) is 16.6. The van der Waals surface area contributed by atoms with Crippen molar-refractivity contribution in [3.63, 3.8) is 0 Å². The van der Waals surface area contributed by atoms with Crippen LogP contribution in [-0.4, -0.2) is 39.8 Å². The molecule has 2 aromatic rings. The Morgan fingerprint density at radius 1 is 1.37 bits per heavy atom. The number of anilines is 1. The third-order valence-corrected chi connectivity index (χ3v) is 7.21. The summed E-state index contributed by atoms with van der Waals surface area (Å²) in [7, 11) is 0. The number of aromatic nitrogens is 1. The Kier molecular flexibility index (Phi) is 5.92. The molecule has 2 aliphatic rings. The molecule has 0 atom stereocenters. The first kappa shape index (κ1) is 21.0. The van der Waals surface area contributed by atoms with Crippen molar-refractivity contribution in [1.29, 1.82) is 0 Å². The van der Waals surface area contributed by atoms with E-state index in [1.54, 1.807) is 0 Å². The van der Waals surface area contributed by atoms with Gasteiger partial charge in [-0.1, -0.05) is 41.4 Å². The fourth-order valence-electron chi connectivity index (χ4n) is 4.15. The summed E-state index contributed by atoms with van der Waals surface area (Å²) in [6, 6.07) is 7.24. The summed E-state index contributed by atoms with van der Waals surface area (Å²) in [4.78, 5) is 43.3. The quantitative estimate of drug-likeness (QED) is 0.607. The SMILES string of the molecule is CCC1CCC2(CC1)NC(=O)N(CC(=O)Nc1nc(-c3cccc(Br)c3)cs1)C2=O. The van der Waals surface area contributed by atoms with Crippen LogP contribution in [0.25, 0.3) is 11.3 Å². The minimum atomic E-state index is -0.835. The van der Waals surface area contributed by atoms with Gasteiger partial charge in [0.1, 0.15) is 12.1 Å². The number of hydrogen-bond acceptors (Lipinski definition) is 5. The van der Waals surface area contributed by atoms with Crippen molar-refractivity contribution in [1.82, 2.24) is 15.2 Å². The fourth-order valence-corrected chi connectivity index (χ4v) is 5.29. The molecule has 7 nitrogen and oxygen atoms in total. The summed E-state index contributed by atoms with van der Waals surface area (Å²) < 4.78 is 0.944. The molecule has 0 unspecified atom stereocenters. The van der Waals surface area contributed by atoms with Crippen LogP contribution in [0.15, 0.2) is 34.1 Å². The first-order valence-corrected chi connectivity index (χ1v) is 11.7. The molecule has 1 aliphatic carbocycles. The van der Waals surface area contributed by atoms with E-state index in [0.29, 0.717) is 23.9 Å². The molecule has 1 spiro atoms. The summed E-state index contributed by atoms with van der Waals surface area (Å²) in [6.45, 7) is 1.84. The number of rotatable bonds is 5. The molecule has 9 heteroatoms. The van der Waals surface area contributed by atoms with Gasteiger partial charge in [-0.25, -0.2) is 9.78 Å². The van der Waals surface area contributed by atoms with Crippen LogP contribution in [0.3, 0.4) is 0 Å². The smallest absolute Gasteiger partial charge is 0.323 e. The van der Waals surface area contributed by atoms with Crippen LogP contribution in [0.5, 0.6) is 0 Å². The maximum absolute atomic E-state index is 12.9. The van der Waals surface area contributed by atoms with Gasteiger partial charge in [-0.05, 0) is 43.7 Å². The lowest BCUT2D eigenvalue weighted by atomic mass is 9.75. The zero-order valence-corrected chi connectivity index (χ0v) is 19.0. The van der Waals surface area contributed by atoms with Crippen LogP contribution in [-0.2, 0) is 9.59 Å². The first-order chi connectivity index (χ1) is 14.4. The number of thiazole rings is 1. The normalized spacial score (nSPS) is 23.7. The van der Waals surface area contributed by atoms with Gasteiger partial charge in [-0.2, -0.15) is 0 Å². The van der Waals surface area contributed by atoms with Crippen molar-refractivity contribution in [2.45, 2.75) is 44.6 Å². The molecule has 2 fully saturated rings. The molecule has 158 valence electrons. The van der Waals surface area contributed by atoms with Gasteiger partial charge in [-0.15, -0.1) is 11.3 Å². The van der Waals surface area contributed by atoms with Gasteiger partial charge in [0.05, 0.1) is 5.69 Å². The molecule has 30 heavy (non-hydrogen) atoms. The number of nitrogens with one attached hydrogen (secondary N) is 2. The topological polar surface area (TPSA) is 91.4 Å². The van der Waals surface area contributed by atoms with E-state index in [-0.39, 0.29) is 12.5 Å². The third-order valence-electron chi connectivity index (χ3n) is 5.95. The van der Waals surface area contributed by atoms with Gasteiger partial charge < -0.3 is 10.6 Å². The summed E-state index contributed by atoms with van der Waals surface area (Å²) in [6.07, 6.45) is 4.19. The van der Waals surface area contributed by atoms with E-state index in [4.69, 9.17) is 0 Å². The predicted molar refractivity (Wildman–Crippen MR) is 119 cm³/mol. The second kappa shape index (κ2) is 8.47. The Hall–Kier alpha value is -2.26. The zero-order chi connectivity index (χ0) is 21.3. The van der Waals surface area contributed by atoms with Crippen LogP contribution < -0.4 is 10.6 Å². The highest BCUT2D eigenvalue weighted by atomic mass is 79.9. The van der Waals surface area contributed by atoms with Gasteiger partial charge in [0.25, 0.3) is 5.91 Å². The molecule has 4 rings (SSSR count). The highest BCUT2D eigenvalue weighted by molar-refractivity contribution is 9.10. The molecule has 1 aromatic carbocycles. The molecule has 1 aromatic heterocycles. The molecule has 2 N–H and O–H groups in total. The van der Waals surface area contributed by atoms with Gasteiger partial charge in [0, 0.05) is 15.4 Å². The van der Waals surface area contributed by atoms with Gasteiger partial charge >= 0.3 is 6.03 Å². The first-order valence-electron chi connectivity index (χ1n) is 10.1. The van der Waals surface area contributed by atoms with Crippen LogP contribution in [0.1, 0.15) is 39.0 Å². The van der Waals surface area contributed by atoms with Crippen molar-refractivity contribution in [3.8, 4) is 11.3 Å². The number of benzene rings is 1. The standard InChI is InChI=1S/C21H23BrN4O3S/c1-2-13-6-8-21(9-7-13)18(28)26(20(29)25-21)11-17(27)24-19-23-16(12-30-19)14-4-3-5-15(22)10-14/h3-5,10,12-13H,2,6-9,11H2,1H3,(H,25,29)(H,23,24,27). The summed E-state index contributed by atoms with van der Waals surface area (Å²) >= 11 is 4.73. The Bertz CT molecular complexity index is 984. The van der Waals surface area contributed by atoms with Gasteiger partial charge in [-0.3, -0.25) is 14.5 Å². The lowest BCUT2D eigenvalue weighted by molar-refractivity contribution is -0.135. The maximum Gasteiger partial charge on any atom is 0.325 e. The van der Waals surface area contributed by atoms with Crippen molar-refractivity contribution < 1.29 is 14.4 Å². The average molecular weight is 491 g/mol. The Balaban J connectivity index is 1.39. The van der Waals surface area contributed by atoms with E-state index in [1.807, 2.05) is 29.6 Å². The minimum absolute atomic E-state index is 0.286. The van der Waals surface area contributed by atoms with Crippen LogP contribution in [0.4, 0.5) is 9.93 Å². The number of nitrogens with zero attached hydrogens (tertiary/aromatic N) is 2. The molecule has 1 saturated heterocycles. The lowest BCUT2D eigenvalue weighted by Crippen LogP contribution is -2.49. The predicted octanol–water partition coefficient (Wildman–Crippen LogP) is 4.40. The number of hydrogen-bond donors (Lipinski definition) is 2. The van der Waals surface area contributed by atoms with Crippen molar-refractivity contribution >= 4 is 50.2 Å². The van der Waals surface area contributed by atoms with E-state index < -0.39 is 17.5 Å². The summed E-state index contributed by atoms with van der Waals surface area (Å²) in [5.41, 5.74) is 0.844. The molecule has 0 radical (unpaired) electrons. The van der Waals surface area contributed by atoms with E-state index in [9.17, 15) is 14.4 Å². The number of carbonyl (C=O) groups excluding carboxylic acids is 3. The molecule has 1 saturated carbocycles. The molecule has 1 aliphatic heterocycles. The largest absolute Gasteiger partial charge is 0.325 e. The summed E-state index contributed by atoms with van der Waals surface area (Å²) in [5, 5.41) is 7.84. The third kappa shape index (κ3) is 4.13. The molecular weight excluding hydrogens is 468 g/mol. The number of amides is 4. The second-order valence-corrected chi connectivity index (χ2v) is 9.63. The van der Waals surface area contributed by atoms with Gasteiger partial charge in [0.15, 0.2) is 5.13 Å². The van der Waals surface area contributed by atoms with Crippen LogP contribution in [0.2, 0.25) is 0 Å².